The van der Waals surface area contributed by atoms with Gasteiger partial charge in [-0.15, -0.1) is 0 Å². The van der Waals surface area contributed by atoms with Crippen LogP contribution in [0.5, 0.6) is 5.75 Å². The number of carbonyl (C=O) groups is 2. The average Bonchev–Trinajstić information content (AvgIpc) is 2.52. The number of benzene rings is 1. The molecular formula is C17H19NO6. The van der Waals surface area contributed by atoms with Crippen LogP contribution in [-0.4, -0.2) is 28.6 Å². The van der Waals surface area contributed by atoms with Crippen molar-refractivity contribution in [3.8, 4) is 5.75 Å². The number of aryl methyl sites for hydroxylation is 2. The molecule has 7 nitrogen and oxygen atoms in total. The number of phenolic OH excluding ortho intramolecular Hbond substituents is 1. The minimum Gasteiger partial charge on any atom is -0.508 e. The lowest BCUT2D eigenvalue weighted by molar-refractivity contribution is -0.137. The van der Waals surface area contributed by atoms with Gasteiger partial charge in [0.25, 0.3) is 0 Å². The van der Waals surface area contributed by atoms with Gasteiger partial charge >= 0.3 is 11.6 Å². The fraction of sp³-hybridized carbons (Fsp3) is 0.353. The van der Waals surface area contributed by atoms with Gasteiger partial charge in [0.2, 0.25) is 5.91 Å². The summed E-state index contributed by atoms with van der Waals surface area (Å²) in [5.41, 5.74) is 1.04. The summed E-state index contributed by atoms with van der Waals surface area (Å²) in [5, 5.41) is 21.5. The quantitative estimate of drug-likeness (QED) is 0.546. The molecule has 24 heavy (non-hydrogen) atoms. The number of carboxylic acid groups (broad SMARTS) is 1. The molecule has 0 fully saturated rings. The van der Waals surface area contributed by atoms with Crippen LogP contribution < -0.4 is 10.9 Å². The molecule has 7 heteroatoms. The molecule has 1 aromatic carbocycles. The van der Waals surface area contributed by atoms with E-state index in [0.717, 1.165) is 0 Å². The Balaban J connectivity index is 2.21. The Labute approximate surface area is 137 Å². The Morgan fingerprint density at radius 3 is 2.58 bits per heavy atom. The number of phenols is 1. The smallest absolute Gasteiger partial charge is 0.340 e. The van der Waals surface area contributed by atoms with Crippen molar-refractivity contribution >= 4 is 22.8 Å². The first kappa shape index (κ1) is 17.5. The van der Waals surface area contributed by atoms with Crippen molar-refractivity contribution in [3.05, 3.63) is 39.2 Å². The highest BCUT2D eigenvalue weighted by atomic mass is 16.4. The lowest BCUT2D eigenvalue weighted by atomic mass is 10.0. The molecule has 0 spiro atoms. The lowest BCUT2D eigenvalue weighted by Crippen LogP contribution is -2.29. The van der Waals surface area contributed by atoms with Crippen molar-refractivity contribution in [2.75, 3.05) is 6.54 Å². The van der Waals surface area contributed by atoms with Gasteiger partial charge in [0.05, 0.1) is 12.0 Å². The van der Waals surface area contributed by atoms with E-state index in [2.05, 4.69) is 5.32 Å². The van der Waals surface area contributed by atoms with Gasteiger partial charge in [0, 0.05) is 23.9 Å². The van der Waals surface area contributed by atoms with Gasteiger partial charge in [0.15, 0.2) is 0 Å². The molecule has 2 aromatic rings. The zero-order chi connectivity index (χ0) is 17.9. The van der Waals surface area contributed by atoms with E-state index in [9.17, 15) is 19.5 Å². The molecule has 128 valence electrons. The first-order valence-electron chi connectivity index (χ1n) is 7.54. The molecule has 3 N–H and O–H groups in total. The van der Waals surface area contributed by atoms with E-state index in [1.807, 2.05) is 0 Å². The Hall–Kier alpha value is -2.83. The number of rotatable bonds is 6. The molecule has 0 aliphatic carbocycles. The summed E-state index contributed by atoms with van der Waals surface area (Å²) in [5.74, 6) is -1.26. The Kier molecular flexibility index (Phi) is 5.23. The summed E-state index contributed by atoms with van der Waals surface area (Å²) < 4.78 is 5.27. The van der Waals surface area contributed by atoms with Crippen LogP contribution in [0.25, 0.3) is 11.0 Å². The average molecular weight is 333 g/mol. The van der Waals surface area contributed by atoms with Crippen LogP contribution in [0.15, 0.2) is 21.3 Å². The van der Waals surface area contributed by atoms with E-state index >= 15 is 0 Å². The van der Waals surface area contributed by atoms with Crippen LogP contribution in [0.2, 0.25) is 0 Å². The normalized spacial score (nSPS) is 10.8. The molecule has 1 amide bonds. The number of nitrogens with one attached hydrogen (secondary N) is 1. The van der Waals surface area contributed by atoms with Crippen molar-refractivity contribution in [2.45, 2.75) is 33.1 Å². The van der Waals surface area contributed by atoms with Crippen molar-refractivity contribution < 1.29 is 24.2 Å². The van der Waals surface area contributed by atoms with Crippen LogP contribution in [0.1, 0.15) is 29.5 Å². The molecule has 0 saturated heterocycles. The van der Waals surface area contributed by atoms with E-state index in [1.165, 1.54) is 6.07 Å². The number of aliphatic carboxylic acids is 1. The van der Waals surface area contributed by atoms with Crippen LogP contribution in [0.3, 0.4) is 0 Å². The highest BCUT2D eigenvalue weighted by molar-refractivity contribution is 5.87. The van der Waals surface area contributed by atoms with E-state index in [1.54, 1.807) is 19.9 Å². The third-order valence-corrected chi connectivity index (χ3v) is 3.90. The Bertz CT molecular complexity index is 852. The van der Waals surface area contributed by atoms with Crippen molar-refractivity contribution in [1.29, 1.82) is 0 Å². The number of hydrogen-bond donors (Lipinski definition) is 3. The van der Waals surface area contributed by atoms with Crippen LogP contribution in [0.4, 0.5) is 0 Å². The number of amides is 1. The van der Waals surface area contributed by atoms with Crippen molar-refractivity contribution in [2.24, 2.45) is 0 Å². The summed E-state index contributed by atoms with van der Waals surface area (Å²) in [6, 6.07) is 3.16. The van der Waals surface area contributed by atoms with Gasteiger partial charge in [-0.3, -0.25) is 9.59 Å². The number of hydrogen-bond acceptors (Lipinski definition) is 5. The van der Waals surface area contributed by atoms with Gasteiger partial charge < -0.3 is 19.9 Å². The van der Waals surface area contributed by atoms with Gasteiger partial charge in [-0.25, -0.2) is 4.79 Å². The Morgan fingerprint density at radius 1 is 1.21 bits per heavy atom. The minimum absolute atomic E-state index is 0.0276. The molecule has 0 unspecified atom stereocenters. The third kappa shape index (κ3) is 3.73. The summed E-state index contributed by atoms with van der Waals surface area (Å²) in [6.45, 7) is 3.60. The van der Waals surface area contributed by atoms with E-state index in [-0.39, 0.29) is 36.6 Å². The molecule has 0 atom stereocenters. The summed E-state index contributed by atoms with van der Waals surface area (Å²) >= 11 is 0. The van der Waals surface area contributed by atoms with Gasteiger partial charge in [-0.05, 0) is 38.0 Å². The maximum Gasteiger partial charge on any atom is 0.340 e. The molecule has 2 rings (SSSR count). The molecule has 0 radical (unpaired) electrons. The fourth-order valence-electron chi connectivity index (χ4n) is 2.47. The first-order valence-corrected chi connectivity index (χ1v) is 7.54. The molecule has 0 saturated carbocycles. The van der Waals surface area contributed by atoms with Gasteiger partial charge in [0.1, 0.15) is 11.3 Å². The van der Waals surface area contributed by atoms with Gasteiger partial charge in [-0.1, -0.05) is 0 Å². The van der Waals surface area contributed by atoms with E-state index < -0.39 is 11.6 Å². The van der Waals surface area contributed by atoms with E-state index in [0.29, 0.717) is 28.5 Å². The lowest BCUT2D eigenvalue weighted by Gasteiger charge is -2.10. The molecule has 1 aromatic heterocycles. The molecule has 0 aliphatic rings. The zero-order valence-corrected chi connectivity index (χ0v) is 13.5. The predicted molar refractivity (Wildman–Crippen MR) is 87.2 cm³/mol. The monoisotopic (exact) mass is 333 g/mol. The number of aromatic hydroxyl groups is 1. The molecular weight excluding hydrogens is 314 g/mol. The van der Waals surface area contributed by atoms with Crippen molar-refractivity contribution in [1.82, 2.24) is 5.32 Å². The minimum atomic E-state index is -0.922. The van der Waals surface area contributed by atoms with Crippen molar-refractivity contribution in [3.63, 3.8) is 0 Å². The first-order chi connectivity index (χ1) is 11.3. The standard InChI is InChI=1S/C17H19NO6/c1-9-11-5-6-13(19)10(2)16(11)24-17(23)12(9)8-14(20)18-7-3-4-15(21)22/h5-6,19H,3-4,7-8H2,1-2H3,(H,18,20)(H,21,22). The SMILES string of the molecule is Cc1c(CC(=O)NCCCC(=O)O)c(=O)oc2c(C)c(O)ccc12. The summed E-state index contributed by atoms with van der Waals surface area (Å²) in [6.07, 6.45) is 0.155. The highest BCUT2D eigenvalue weighted by Gasteiger charge is 2.16. The maximum absolute atomic E-state index is 12.2. The molecule has 1 heterocycles. The number of carbonyl (C=O) groups excluding carboxylic acids is 1. The summed E-state index contributed by atoms with van der Waals surface area (Å²) in [4.78, 5) is 34.5. The third-order valence-electron chi connectivity index (χ3n) is 3.90. The number of carboxylic acids is 1. The zero-order valence-electron chi connectivity index (χ0n) is 13.5. The highest BCUT2D eigenvalue weighted by Crippen LogP contribution is 2.28. The second-order valence-corrected chi connectivity index (χ2v) is 5.60. The van der Waals surface area contributed by atoms with Gasteiger partial charge in [-0.2, -0.15) is 0 Å². The number of fused-ring (bicyclic) bond motifs is 1. The molecule has 0 bridgehead atoms. The Morgan fingerprint density at radius 2 is 1.92 bits per heavy atom. The topological polar surface area (TPSA) is 117 Å². The molecule has 0 aliphatic heterocycles. The van der Waals surface area contributed by atoms with Crippen LogP contribution >= 0.6 is 0 Å². The maximum atomic E-state index is 12.2. The van der Waals surface area contributed by atoms with E-state index in [4.69, 9.17) is 9.52 Å². The second-order valence-electron chi connectivity index (χ2n) is 5.60. The second kappa shape index (κ2) is 7.16. The summed E-state index contributed by atoms with van der Waals surface area (Å²) in [7, 11) is 0. The largest absolute Gasteiger partial charge is 0.508 e. The van der Waals surface area contributed by atoms with Crippen LogP contribution in [-0.2, 0) is 16.0 Å². The van der Waals surface area contributed by atoms with Crippen LogP contribution in [0, 0.1) is 13.8 Å². The predicted octanol–water partition coefficient (Wildman–Crippen LogP) is 1.64. The fourth-order valence-corrected chi connectivity index (χ4v) is 2.47.